The van der Waals surface area contributed by atoms with E-state index in [1.807, 2.05) is 30.3 Å². The van der Waals surface area contributed by atoms with E-state index < -0.39 is 17.9 Å². The predicted octanol–water partition coefficient (Wildman–Crippen LogP) is 4.32. The van der Waals surface area contributed by atoms with Gasteiger partial charge in [0.1, 0.15) is 0 Å². The number of benzene rings is 2. The Labute approximate surface area is 166 Å². The second kappa shape index (κ2) is 9.54. The van der Waals surface area contributed by atoms with Gasteiger partial charge in [0.15, 0.2) is 5.92 Å². The molecule has 0 aromatic heterocycles. The topological polar surface area (TPSA) is 52.6 Å². The van der Waals surface area contributed by atoms with E-state index in [0.29, 0.717) is 0 Å². The summed E-state index contributed by atoms with van der Waals surface area (Å²) in [5.41, 5.74) is 3.72. The van der Waals surface area contributed by atoms with Crippen LogP contribution in [0.1, 0.15) is 42.9 Å². The summed E-state index contributed by atoms with van der Waals surface area (Å²) in [6.45, 7) is 4.03. The number of hydrogen-bond acceptors (Lipinski definition) is 4. The first-order chi connectivity index (χ1) is 13.7. The Bertz CT molecular complexity index is 781. The summed E-state index contributed by atoms with van der Waals surface area (Å²) in [5.74, 6) is -1.91. The molecule has 4 heteroatoms. The van der Waals surface area contributed by atoms with Gasteiger partial charge in [-0.15, -0.1) is 0 Å². The third kappa shape index (κ3) is 4.44. The average Bonchev–Trinajstić information content (AvgIpc) is 2.71. The van der Waals surface area contributed by atoms with Crippen LogP contribution in [-0.4, -0.2) is 25.2 Å². The van der Waals surface area contributed by atoms with Crippen LogP contribution in [0, 0.1) is 11.8 Å². The first-order valence-electron chi connectivity index (χ1n) is 10.1. The van der Waals surface area contributed by atoms with Crippen molar-refractivity contribution in [1.82, 2.24) is 0 Å². The summed E-state index contributed by atoms with van der Waals surface area (Å²) in [4.78, 5) is 25.5. The third-order valence-electron chi connectivity index (χ3n) is 5.53. The molecule has 1 aliphatic carbocycles. The molecular formula is C24H28O4. The molecule has 0 fully saturated rings. The zero-order chi connectivity index (χ0) is 19.9. The maximum Gasteiger partial charge on any atom is 0.320 e. The zero-order valence-electron chi connectivity index (χ0n) is 16.6. The number of hydrogen-bond donors (Lipinski definition) is 0. The van der Waals surface area contributed by atoms with Crippen LogP contribution in [0.4, 0.5) is 0 Å². The van der Waals surface area contributed by atoms with Crippen LogP contribution in [0.5, 0.6) is 0 Å². The van der Waals surface area contributed by atoms with Crippen LogP contribution in [-0.2, 0) is 31.9 Å². The van der Waals surface area contributed by atoms with Gasteiger partial charge in [-0.3, -0.25) is 9.59 Å². The Kier molecular flexibility index (Phi) is 6.85. The van der Waals surface area contributed by atoms with Crippen molar-refractivity contribution < 1.29 is 19.1 Å². The fraction of sp³-hybridized carbons (Fsp3) is 0.417. The van der Waals surface area contributed by atoms with Gasteiger partial charge in [-0.05, 0) is 61.6 Å². The number of carbonyl (C=O) groups excluding carboxylic acids is 2. The van der Waals surface area contributed by atoms with Crippen LogP contribution < -0.4 is 0 Å². The molecule has 148 valence electrons. The van der Waals surface area contributed by atoms with Gasteiger partial charge < -0.3 is 9.47 Å². The van der Waals surface area contributed by atoms with Crippen LogP contribution in [0.3, 0.4) is 0 Å². The van der Waals surface area contributed by atoms with E-state index in [1.165, 1.54) is 16.7 Å². The van der Waals surface area contributed by atoms with Crippen molar-refractivity contribution in [3.8, 4) is 0 Å². The van der Waals surface area contributed by atoms with Gasteiger partial charge in [-0.1, -0.05) is 54.6 Å². The zero-order valence-corrected chi connectivity index (χ0v) is 16.6. The molecule has 1 aliphatic rings. The van der Waals surface area contributed by atoms with Crippen molar-refractivity contribution in [2.45, 2.75) is 39.0 Å². The largest absolute Gasteiger partial charge is 0.465 e. The maximum atomic E-state index is 12.7. The Morgan fingerprint density at radius 3 is 2.18 bits per heavy atom. The SMILES string of the molecule is CCOC(=O)C(C(=O)OCC)C1CCc2ccccc2C1Cc1ccccc1. The van der Waals surface area contributed by atoms with Gasteiger partial charge in [0.25, 0.3) is 0 Å². The number of fused-ring (bicyclic) bond motifs is 1. The summed E-state index contributed by atoms with van der Waals surface area (Å²) >= 11 is 0. The first kappa shape index (κ1) is 20.1. The Hall–Kier alpha value is -2.62. The van der Waals surface area contributed by atoms with E-state index >= 15 is 0 Å². The highest BCUT2D eigenvalue weighted by molar-refractivity contribution is 5.95. The van der Waals surface area contributed by atoms with Gasteiger partial charge in [0, 0.05) is 0 Å². The molecule has 2 unspecified atom stereocenters. The van der Waals surface area contributed by atoms with Crippen molar-refractivity contribution in [2.75, 3.05) is 13.2 Å². The van der Waals surface area contributed by atoms with E-state index in [0.717, 1.165) is 19.3 Å². The predicted molar refractivity (Wildman–Crippen MR) is 108 cm³/mol. The summed E-state index contributed by atoms with van der Waals surface area (Å²) in [6.07, 6.45) is 2.38. The van der Waals surface area contributed by atoms with E-state index in [-0.39, 0.29) is 25.0 Å². The van der Waals surface area contributed by atoms with Gasteiger partial charge in [0.2, 0.25) is 0 Å². The first-order valence-corrected chi connectivity index (χ1v) is 10.1. The summed E-state index contributed by atoms with van der Waals surface area (Å²) in [5, 5.41) is 0. The lowest BCUT2D eigenvalue weighted by molar-refractivity contribution is -0.165. The Morgan fingerprint density at radius 1 is 0.929 bits per heavy atom. The number of esters is 2. The Balaban J connectivity index is 1.99. The van der Waals surface area contributed by atoms with Crippen molar-refractivity contribution >= 4 is 11.9 Å². The van der Waals surface area contributed by atoms with Crippen molar-refractivity contribution in [3.63, 3.8) is 0 Å². The molecule has 0 saturated heterocycles. The second-order valence-corrected chi connectivity index (χ2v) is 7.18. The molecule has 28 heavy (non-hydrogen) atoms. The van der Waals surface area contributed by atoms with E-state index in [9.17, 15) is 9.59 Å². The van der Waals surface area contributed by atoms with Crippen LogP contribution >= 0.6 is 0 Å². The van der Waals surface area contributed by atoms with Crippen molar-refractivity contribution in [2.24, 2.45) is 11.8 Å². The number of carbonyl (C=O) groups is 2. The lowest BCUT2D eigenvalue weighted by Crippen LogP contribution is -2.40. The summed E-state index contributed by atoms with van der Waals surface area (Å²) in [6, 6.07) is 18.6. The molecule has 0 spiro atoms. The molecular weight excluding hydrogens is 352 g/mol. The van der Waals surface area contributed by atoms with Crippen LogP contribution in [0.25, 0.3) is 0 Å². The third-order valence-corrected chi connectivity index (χ3v) is 5.53. The van der Waals surface area contributed by atoms with E-state index in [4.69, 9.17) is 9.47 Å². The molecule has 3 rings (SSSR count). The lowest BCUT2D eigenvalue weighted by Gasteiger charge is -2.36. The minimum absolute atomic E-state index is 0.0613. The molecule has 0 amide bonds. The standard InChI is InChI=1S/C24H28O4/c1-3-27-23(25)22(24(26)28-4-2)20-15-14-18-12-8-9-13-19(18)21(20)16-17-10-6-5-7-11-17/h5-13,20-22H,3-4,14-16H2,1-2H3. The number of ether oxygens (including phenoxy) is 2. The minimum atomic E-state index is -0.887. The number of rotatable bonds is 7. The normalized spacial score (nSPS) is 18.4. The van der Waals surface area contributed by atoms with E-state index in [1.54, 1.807) is 13.8 Å². The average molecular weight is 380 g/mol. The van der Waals surface area contributed by atoms with Crippen LogP contribution in [0.2, 0.25) is 0 Å². The lowest BCUT2D eigenvalue weighted by atomic mass is 9.67. The molecule has 2 atom stereocenters. The number of aryl methyl sites for hydroxylation is 1. The molecule has 0 saturated carbocycles. The fourth-order valence-electron chi connectivity index (χ4n) is 4.32. The summed E-state index contributed by atoms with van der Waals surface area (Å²) in [7, 11) is 0. The molecule has 0 bridgehead atoms. The van der Waals surface area contributed by atoms with Crippen molar-refractivity contribution in [3.05, 3.63) is 71.3 Å². The highest BCUT2D eigenvalue weighted by Gasteiger charge is 2.43. The highest BCUT2D eigenvalue weighted by atomic mass is 16.6. The monoisotopic (exact) mass is 380 g/mol. The molecule has 0 radical (unpaired) electrons. The summed E-state index contributed by atoms with van der Waals surface area (Å²) < 4.78 is 10.5. The molecule has 0 heterocycles. The minimum Gasteiger partial charge on any atom is -0.465 e. The smallest absolute Gasteiger partial charge is 0.320 e. The van der Waals surface area contributed by atoms with E-state index in [2.05, 4.69) is 24.3 Å². The highest BCUT2D eigenvalue weighted by Crippen LogP contribution is 2.43. The quantitative estimate of drug-likeness (QED) is 0.530. The molecule has 0 N–H and O–H groups in total. The van der Waals surface area contributed by atoms with Gasteiger partial charge in [-0.2, -0.15) is 0 Å². The van der Waals surface area contributed by atoms with Crippen LogP contribution in [0.15, 0.2) is 54.6 Å². The molecule has 0 aliphatic heterocycles. The maximum absolute atomic E-state index is 12.7. The van der Waals surface area contributed by atoms with Gasteiger partial charge in [0.05, 0.1) is 13.2 Å². The van der Waals surface area contributed by atoms with Gasteiger partial charge in [-0.25, -0.2) is 0 Å². The fourth-order valence-corrected chi connectivity index (χ4v) is 4.32. The Morgan fingerprint density at radius 2 is 1.54 bits per heavy atom. The second-order valence-electron chi connectivity index (χ2n) is 7.18. The van der Waals surface area contributed by atoms with Gasteiger partial charge >= 0.3 is 11.9 Å². The van der Waals surface area contributed by atoms with Crippen molar-refractivity contribution in [1.29, 1.82) is 0 Å². The molecule has 4 nitrogen and oxygen atoms in total. The molecule has 2 aromatic carbocycles. The molecule has 2 aromatic rings.